The summed E-state index contributed by atoms with van der Waals surface area (Å²) in [5, 5.41) is 34.2. The lowest BCUT2D eigenvalue weighted by atomic mass is 9.34. The number of aliphatic hydroxyl groups excluding tert-OH is 1. The molecule has 0 amide bonds. The second-order valence-electron chi connectivity index (χ2n) is 18.7. The number of hydrogen-bond acceptors (Lipinski definition) is 8. The van der Waals surface area contributed by atoms with E-state index in [0.29, 0.717) is 43.4 Å². The van der Waals surface area contributed by atoms with Crippen LogP contribution in [0.3, 0.4) is 0 Å². The number of tetrazole rings is 1. The summed E-state index contributed by atoms with van der Waals surface area (Å²) in [5.74, 6) is 0.760. The lowest BCUT2D eigenvalue weighted by Crippen LogP contribution is -2.69. The molecule has 4 aliphatic carbocycles. The zero-order valence-corrected chi connectivity index (χ0v) is 31.3. The highest BCUT2D eigenvalue weighted by Gasteiger charge is 2.72. The SMILES string of the molecule is CC(C)[C@@H](C)[C@@]1(C)CC[C@]2(C)[C@H]3CC[C@@H]4[C@@]5(COC[C@@]4(C)[C@@H](OC[C@](C)(N)C(C)C)[C@H](n4nnc(CO)n4)C5)C3=CC[C@@]2(C)[C@@H]1C(=O)O. The predicted octanol–water partition coefficient (Wildman–Crippen LogP) is 6.05. The normalized spacial score (nSPS) is 44.3. The van der Waals surface area contributed by atoms with Crippen LogP contribution in [0.2, 0.25) is 0 Å². The Balaban J connectivity index is 1.45. The molecule has 0 radical (unpaired) electrons. The molecule has 1 saturated heterocycles. The number of carbonyl (C=O) groups is 1. The van der Waals surface area contributed by atoms with Crippen LogP contribution in [0.15, 0.2) is 11.6 Å². The summed E-state index contributed by atoms with van der Waals surface area (Å²) in [4.78, 5) is 15.1. The largest absolute Gasteiger partial charge is 0.481 e. The van der Waals surface area contributed by atoms with Crippen molar-refractivity contribution in [2.24, 2.45) is 68.3 Å². The monoisotopic (exact) mass is 669 g/mol. The number of nitrogens with two attached hydrogens (primary N) is 1. The highest BCUT2D eigenvalue weighted by molar-refractivity contribution is 5.73. The first-order chi connectivity index (χ1) is 22.3. The van der Waals surface area contributed by atoms with Crippen molar-refractivity contribution >= 4 is 5.97 Å². The second kappa shape index (κ2) is 11.8. The fourth-order valence-corrected chi connectivity index (χ4v) is 12.0. The molecule has 48 heavy (non-hydrogen) atoms. The predicted molar refractivity (Wildman–Crippen MR) is 184 cm³/mol. The van der Waals surface area contributed by atoms with Crippen LogP contribution in [0.25, 0.3) is 0 Å². The number of ether oxygens (including phenoxy) is 2. The lowest BCUT2D eigenvalue weighted by Gasteiger charge is -2.71. The lowest BCUT2D eigenvalue weighted by molar-refractivity contribution is -0.254. The average molecular weight is 670 g/mol. The molecule has 2 heterocycles. The standard InChI is InChI=1S/C38H63N5O5/c1-22(2)24(5)33(6)15-16-35(8)25-11-12-28-34(7)19-47-21-38(28,26(25)13-14-36(35,9)30(33)32(45)46)17-27(43-41-29(18-44)40-42-43)31(34)48-20-37(10,39)23(3)4/h13,22-25,27-28,30-31,44H,11-12,14-21,39H2,1-10H3,(H,45,46)/t24-,25+,27-,28+,30-,31+,33-,34-,35-,36+,37+,38+/m1/s1. The minimum absolute atomic E-state index is 0.166. The van der Waals surface area contributed by atoms with Gasteiger partial charge < -0.3 is 25.4 Å². The molecule has 0 aromatic carbocycles. The maximum absolute atomic E-state index is 13.4. The first kappa shape index (κ1) is 35.9. The zero-order chi connectivity index (χ0) is 35.2. The topological polar surface area (TPSA) is 146 Å². The Bertz CT molecular complexity index is 1430. The van der Waals surface area contributed by atoms with Gasteiger partial charge in [-0.05, 0) is 96.5 Å². The maximum atomic E-state index is 13.4. The Morgan fingerprint density at radius 3 is 2.44 bits per heavy atom. The van der Waals surface area contributed by atoms with Gasteiger partial charge in [-0.1, -0.05) is 74.0 Å². The number of allylic oxidation sites excluding steroid dienone is 1. The van der Waals surface area contributed by atoms with Crippen LogP contribution in [0, 0.1) is 62.6 Å². The van der Waals surface area contributed by atoms with Crippen molar-refractivity contribution in [2.45, 2.75) is 132 Å². The van der Waals surface area contributed by atoms with Crippen LogP contribution in [-0.4, -0.2) is 67.9 Å². The summed E-state index contributed by atoms with van der Waals surface area (Å²) < 4.78 is 13.6. The molecule has 270 valence electrons. The van der Waals surface area contributed by atoms with E-state index in [-0.39, 0.29) is 57.7 Å². The van der Waals surface area contributed by atoms with Crippen molar-refractivity contribution in [3.8, 4) is 0 Å². The van der Waals surface area contributed by atoms with Gasteiger partial charge in [0, 0.05) is 16.4 Å². The molecule has 3 saturated carbocycles. The molecule has 0 spiro atoms. The molecule has 4 fully saturated rings. The van der Waals surface area contributed by atoms with Crippen LogP contribution in [0.4, 0.5) is 0 Å². The van der Waals surface area contributed by atoms with E-state index in [9.17, 15) is 15.0 Å². The fraction of sp³-hybridized carbons (Fsp3) is 0.895. The van der Waals surface area contributed by atoms with E-state index in [0.717, 1.165) is 38.5 Å². The van der Waals surface area contributed by atoms with Gasteiger partial charge in [-0.3, -0.25) is 4.79 Å². The van der Waals surface area contributed by atoms with Crippen molar-refractivity contribution in [3.05, 3.63) is 17.5 Å². The summed E-state index contributed by atoms with van der Waals surface area (Å²) >= 11 is 0. The number of aliphatic hydroxyl groups is 1. The van der Waals surface area contributed by atoms with Gasteiger partial charge >= 0.3 is 5.97 Å². The summed E-state index contributed by atoms with van der Waals surface area (Å²) in [6, 6.07) is -0.222. The van der Waals surface area contributed by atoms with Gasteiger partial charge in [0.2, 0.25) is 0 Å². The van der Waals surface area contributed by atoms with Gasteiger partial charge in [0.15, 0.2) is 5.82 Å². The number of aromatic nitrogens is 4. The van der Waals surface area contributed by atoms with Gasteiger partial charge in [-0.2, -0.15) is 4.80 Å². The van der Waals surface area contributed by atoms with Gasteiger partial charge in [0.05, 0.1) is 31.8 Å². The van der Waals surface area contributed by atoms with E-state index in [1.165, 1.54) is 5.57 Å². The van der Waals surface area contributed by atoms with E-state index in [2.05, 4.69) is 83.8 Å². The van der Waals surface area contributed by atoms with Crippen molar-refractivity contribution in [1.29, 1.82) is 0 Å². The van der Waals surface area contributed by atoms with E-state index >= 15 is 0 Å². The first-order valence-electron chi connectivity index (χ1n) is 18.6. The molecule has 2 bridgehead atoms. The summed E-state index contributed by atoms with van der Waals surface area (Å²) in [5.41, 5.74) is 6.30. The van der Waals surface area contributed by atoms with Crippen molar-refractivity contribution in [2.75, 3.05) is 19.8 Å². The van der Waals surface area contributed by atoms with E-state index in [1.807, 2.05) is 6.92 Å². The summed E-state index contributed by atoms with van der Waals surface area (Å²) in [7, 11) is 0. The van der Waals surface area contributed by atoms with E-state index in [1.54, 1.807) is 4.80 Å². The molecule has 1 aliphatic heterocycles. The maximum Gasteiger partial charge on any atom is 0.307 e. The molecule has 5 aliphatic rings. The third-order valence-electron chi connectivity index (χ3n) is 15.9. The molecular weight excluding hydrogens is 606 g/mol. The van der Waals surface area contributed by atoms with E-state index < -0.39 is 17.4 Å². The fourth-order valence-electron chi connectivity index (χ4n) is 12.0. The number of nitrogens with zero attached hydrogens (tertiary/aromatic N) is 4. The van der Waals surface area contributed by atoms with Crippen LogP contribution >= 0.6 is 0 Å². The first-order valence-corrected chi connectivity index (χ1v) is 18.6. The highest BCUT2D eigenvalue weighted by Crippen LogP contribution is 2.75. The zero-order valence-electron chi connectivity index (χ0n) is 31.3. The molecule has 12 atom stereocenters. The Labute approximate surface area is 288 Å². The van der Waals surface area contributed by atoms with Crippen LogP contribution in [-0.2, 0) is 20.9 Å². The van der Waals surface area contributed by atoms with Gasteiger partial charge in [-0.15, -0.1) is 10.2 Å². The Morgan fingerprint density at radius 2 is 1.83 bits per heavy atom. The number of carboxylic acid groups (broad SMARTS) is 1. The highest BCUT2D eigenvalue weighted by atomic mass is 16.5. The van der Waals surface area contributed by atoms with Crippen LogP contribution < -0.4 is 5.73 Å². The van der Waals surface area contributed by atoms with Crippen molar-refractivity contribution in [1.82, 2.24) is 20.2 Å². The number of hydrogen-bond donors (Lipinski definition) is 3. The third kappa shape index (κ3) is 4.92. The quantitative estimate of drug-likeness (QED) is 0.267. The molecule has 1 aromatic heterocycles. The summed E-state index contributed by atoms with van der Waals surface area (Å²) in [6.07, 6.45) is 7.71. The van der Waals surface area contributed by atoms with E-state index in [4.69, 9.17) is 15.2 Å². The van der Waals surface area contributed by atoms with Crippen LogP contribution in [0.5, 0.6) is 0 Å². The number of fused-ring (bicyclic) bond motifs is 3. The summed E-state index contributed by atoms with van der Waals surface area (Å²) in [6.45, 7) is 23.7. The molecule has 10 nitrogen and oxygen atoms in total. The molecule has 0 unspecified atom stereocenters. The second-order valence-corrected chi connectivity index (χ2v) is 18.7. The Kier molecular flexibility index (Phi) is 8.86. The molecule has 4 N–H and O–H groups in total. The smallest absolute Gasteiger partial charge is 0.307 e. The molecular formula is C38H63N5O5. The number of rotatable bonds is 9. The Morgan fingerprint density at radius 1 is 1.12 bits per heavy atom. The third-order valence-corrected chi connectivity index (χ3v) is 15.9. The molecule has 1 aromatic rings. The van der Waals surface area contributed by atoms with Gasteiger partial charge in [0.25, 0.3) is 0 Å². The number of carboxylic acids is 1. The minimum Gasteiger partial charge on any atom is -0.481 e. The Hall–Kier alpha value is -1.88. The van der Waals surface area contributed by atoms with Crippen LogP contribution in [0.1, 0.15) is 120 Å². The minimum atomic E-state index is -0.640. The number of aliphatic carboxylic acids is 1. The van der Waals surface area contributed by atoms with Gasteiger partial charge in [-0.25, -0.2) is 0 Å². The molecule has 10 heteroatoms. The van der Waals surface area contributed by atoms with Crippen molar-refractivity contribution in [3.63, 3.8) is 0 Å². The molecule has 6 rings (SSSR count). The average Bonchev–Trinajstić information content (AvgIpc) is 3.49. The van der Waals surface area contributed by atoms with Crippen molar-refractivity contribution < 1.29 is 24.5 Å². The van der Waals surface area contributed by atoms with Gasteiger partial charge in [0.1, 0.15) is 12.6 Å².